The van der Waals surface area contributed by atoms with Crippen molar-refractivity contribution in [1.82, 2.24) is 4.90 Å². The van der Waals surface area contributed by atoms with Gasteiger partial charge in [-0.3, -0.25) is 9.69 Å². The molecule has 0 aliphatic rings. The van der Waals surface area contributed by atoms with E-state index in [0.29, 0.717) is 13.1 Å². The van der Waals surface area contributed by atoms with Crippen molar-refractivity contribution in [3.05, 3.63) is 29.8 Å². The second-order valence-corrected chi connectivity index (χ2v) is 4.33. The Morgan fingerprint density at radius 1 is 1.50 bits per heavy atom. The Morgan fingerprint density at radius 2 is 2.22 bits per heavy atom. The number of carbonyl (C=O) groups is 1. The van der Waals surface area contributed by atoms with Crippen molar-refractivity contribution >= 4 is 5.91 Å². The normalized spacial score (nSPS) is 12.4. The molecule has 0 saturated heterocycles. The first-order valence-corrected chi connectivity index (χ1v) is 5.88. The van der Waals surface area contributed by atoms with Gasteiger partial charge >= 0.3 is 0 Å². The highest BCUT2D eigenvalue weighted by Crippen LogP contribution is 2.15. The molecule has 1 amide bonds. The summed E-state index contributed by atoms with van der Waals surface area (Å²) >= 11 is 0. The van der Waals surface area contributed by atoms with Crippen molar-refractivity contribution in [3.63, 3.8) is 0 Å². The van der Waals surface area contributed by atoms with Gasteiger partial charge in [0.1, 0.15) is 5.75 Å². The van der Waals surface area contributed by atoms with Crippen LogP contribution in [0.25, 0.3) is 0 Å². The maximum atomic E-state index is 10.9. The fourth-order valence-electron chi connectivity index (χ4n) is 1.84. The molecule has 4 N–H and O–H groups in total. The van der Waals surface area contributed by atoms with Gasteiger partial charge in [-0.25, -0.2) is 0 Å². The van der Waals surface area contributed by atoms with Gasteiger partial charge in [0.05, 0.1) is 7.11 Å². The summed E-state index contributed by atoms with van der Waals surface area (Å²) in [6.45, 7) is 1.11. The van der Waals surface area contributed by atoms with E-state index in [9.17, 15) is 4.79 Å². The van der Waals surface area contributed by atoms with Crippen LogP contribution in [0.3, 0.4) is 0 Å². The van der Waals surface area contributed by atoms with Crippen LogP contribution < -0.4 is 16.2 Å². The molecule has 1 atom stereocenters. The molecular formula is C13H21N3O2. The Bertz CT molecular complexity index is 396. The van der Waals surface area contributed by atoms with Crippen LogP contribution in [0.2, 0.25) is 0 Å². The van der Waals surface area contributed by atoms with Gasteiger partial charge in [-0.15, -0.1) is 0 Å². The Hall–Kier alpha value is -1.59. The summed E-state index contributed by atoms with van der Waals surface area (Å²) < 4.78 is 5.17. The third-order valence-electron chi connectivity index (χ3n) is 2.90. The average Bonchev–Trinajstić information content (AvgIpc) is 2.35. The number of ether oxygens (including phenoxy) is 1. The lowest BCUT2D eigenvalue weighted by molar-refractivity contribution is -0.119. The van der Waals surface area contributed by atoms with Crippen molar-refractivity contribution in [3.8, 4) is 5.75 Å². The highest BCUT2D eigenvalue weighted by atomic mass is 16.5. The Morgan fingerprint density at radius 3 is 2.78 bits per heavy atom. The van der Waals surface area contributed by atoms with E-state index in [1.54, 1.807) is 7.11 Å². The molecule has 1 unspecified atom stereocenters. The standard InChI is InChI=1S/C13H21N3O2/c1-16(11(8-14)7-13(15)17)9-10-4-3-5-12(6-10)18-2/h3-6,11H,7-9,14H2,1-2H3,(H2,15,17). The maximum Gasteiger partial charge on any atom is 0.219 e. The number of likely N-dealkylation sites (N-methyl/N-ethyl adjacent to an activating group) is 1. The molecule has 5 nitrogen and oxygen atoms in total. The monoisotopic (exact) mass is 251 g/mol. The zero-order valence-corrected chi connectivity index (χ0v) is 10.9. The van der Waals surface area contributed by atoms with E-state index in [1.807, 2.05) is 36.2 Å². The lowest BCUT2D eigenvalue weighted by atomic mass is 10.1. The molecule has 0 radical (unpaired) electrons. The zero-order chi connectivity index (χ0) is 13.5. The Kier molecular flexibility index (Phi) is 5.61. The molecule has 0 fully saturated rings. The number of hydrogen-bond acceptors (Lipinski definition) is 4. The minimum absolute atomic E-state index is 0.0336. The molecule has 1 aromatic rings. The summed E-state index contributed by atoms with van der Waals surface area (Å²) in [7, 11) is 3.57. The van der Waals surface area contributed by atoms with Gasteiger partial charge in [0, 0.05) is 25.6 Å². The SMILES string of the molecule is COc1cccc(CN(C)C(CN)CC(N)=O)c1. The zero-order valence-electron chi connectivity index (χ0n) is 10.9. The minimum atomic E-state index is -0.331. The molecule has 0 aliphatic heterocycles. The van der Waals surface area contributed by atoms with Gasteiger partial charge in [0.25, 0.3) is 0 Å². The first-order chi connectivity index (χ1) is 8.56. The number of rotatable bonds is 7. The van der Waals surface area contributed by atoms with Crippen molar-refractivity contribution in [2.24, 2.45) is 11.5 Å². The number of primary amides is 1. The first-order valence-electron chi connectivity index (χ1n) is 5.88. The molecule has 0 bridgehead atoms. The number of amides is 1. The molecule has 0 aliphatic carbocycles. The predicted octanol–water partition coefficient (Wildman–Crippen LogP) is 0.330. The Balaban J connectivity index is 2.66. The number of benzene rings is 1. The molecule has 0 saturated carbocycles. The molecule has 0 spiro atoms. The predicted molar refractivity (Wildman–Crippen MR) is 71.1 cm³/mol. The molecule has 5 heteroatoms. The molecule has 0 aromatic heterocycles. The molecular weight excluding hydrogens is 230 g/mol. The third-order valence-corrected chi connectivity index (χ3v) is 2.90. The number of carbonyl (C=O) groups excluding carboxylic acids is 1. The lowest BCUT2D eigenvalue weighted by Crippen LogP contribution is -2.40. The molecule has 18 heavy (non-hydrogen) atoms. The lowest BCUT2D eigenvalue weighted by Gasteiger charge is -2.26. The second-order valence-electron chi connectivity index (χ2n) is 4.33. The van der Waals surface area contributed by atoms with Crippen LogP contribution in [-0.4, -0.2) is 37.6 Å². The van der Waals surface area contributed by atoms with Crippen LogP contribution in [0.5, 0.6) is 5.75 Å². The fraction of sp³-hybridized carbons (Fsp3) is 0.462. The van der Waals surface area contributed by atoms with E-state index in [4.69, 9.17) is 16.2 Å². The van der Waals surface area contributed by atoms with Gasteiger partial charge in [-0.2, -0.15) is 0 Å². The van der Waals surface area contributed by atoms with Crippen LogP contribution in [0.15, 0.2) is 24.3 Å². The molecule has 0 heterocycles. The summed E-state index contributed by atoms with van der Waals surface area (Å²) in [6.07, 6.45) is 0.275. The minimum Gasteiger partial charge on any atom is -0.497 e. The van der Waals surface area contributed by atoms with Crippen LogP contribution in [0, 0.1) is 0 Å². The summed E-state index contributed by atoms with van der Waals surface area (Å²) in [5.74, 6) is 0.489. The average molecular weight is 251 g/mol. The fourth-order valence-corrected chi connectivity index (χ4v) is 1.84. The number of hydrogen-bond donors (Lipinski definition) is 2. The topological polar surface area (TPSA) is 81.6 Å². The number of nitrogens with two attached hydrogens (primary N) is 2. The highest BCUT2D eigenvalue weighted by molar-refractivity contribution is 5.74. The van der Waals surface area contributed by atoms with E-state index in [0.717, 1.165) is 11.3 Å². The second kappa shape index (κ2) is 6.98. The highest BCUT2D eigenvalue weighted by Gasteiger charge is 2.15. The summed E-state index contributed by atoms with van der Waals surface area (Å²) in [4.78, 5) is 13.0. The van der Waals surface area contributed by atoms with Gasteiger partial charge in [0.15, 0.2) is 0 Å². The van der Waals surface area contributed by atoms with Crippen LogP contribution in [0.4, 0.5) is 0 Å². The maximum absolute atomic E-state index is 10.9. The molecule has 1 rings (SSSR count). The van der Waals surface area contributed by atoms with Crippen LogP contribution >= 0.6 is 0 Å². The van der Waals surface area contributed by atoms with E-state index in [-0.39, 0.29) is 18.4 Å². The Labute approximate surface area is 108 Å². The molecule has 1 aromatic carbocycles. The summed E-state index contributed by atoms with van der Waals surface area (Å²) in [5.41, 5.74) is 12.0. The van der Waals surface area contributed by atoms with Crippen molar-refractivity contribution in [1.29, 1.82) is 0 Å². The van der Waals surface area contributed by atoms with E-state index in [2.05, 4.69) is 0 Å². The van der Waals surface area contributed by atoms with E-state index < -0.39 is 0 Å². The smallest absolute Gasteiger partial charge is 0.219 e. The summed E-state index contributed by atoms with van der Waals surface area (Å²) in [5, 5.41) is 0. The van der Waals surface area contributed by atoms with Crippen LogP contribution in [-0.2, 0) is 11.3 Å². The molecule has 100 valence electrons. The van der Waals surface area contributed by atoms with E-state index in [1.165, 1.54) is 0 Å². The number of methoxy groups -OCH3 is 1. The largest absolute Gasteiger partial charge is 0.497 e. The summed E-state index contributed by atoms with van der Waals surface area (Å²) in [6, 6.07) is 7.78. The van der Waals surface area contributed by atoms with Crippen molar-refractivity contribution < 1.29 is 9.53 Å². The number of nitrogens with zero attached hydrogens (tertiary/aromatic N) is 1. The van der Waals surface area contributed by atoms with Gasteiger partial charge < -0.3 is 16.2 Å². The van der Waals surface area contributed by atoms with Gasteiger partial charge in [0.2, 0.25) is 5.91 Å². The van der Waals surface area contributed by atoms with Gasteiger partial charge in [-0.1, -0.05) is 12.1 Å². The first kappa shape index (κ1) is 14.5. The van der Waals surface area contributed by atoms with E-state index >= 15 is 0 Å². The quantitative estimate of drug-likeness (QED) is 0.731. The van der Waals surface area contributed by atoms with Crippen LogP contribution in [0.1, 0.15) is 12.0 Å². The van der Waals surface area contributed by atoms with Crippen molar-refractivity contribution in [2.75, 3.05) is 20.7 Å². The van der Waals surface area contributed by atoms with Crippen molar-refractivity contribution in [2.45, 2.75) is 19.0 Å². The third kappa shape index (κ3) is 4.35. The van der Waals surface area contributed by atoms with Gasteiger partial charge in [-0.05, 0) is 24.7 Å².